The van der Waals surface area contributed by atoms with Crippen LogP contribution in [0.4, 0.5) is 0 Å². The van der Waals surface area contributed by atoms with E-state index >= 15 is 0 Å². The number of fused-ring (bicyclic) bond motifs is 1. The summed E-state index contributed by atoms with van der Waals surface area (Å²) in [6.45, 7) is 0. The molecule has 0 N–H and O–H groups in total. The second kappa shape index (κ2) is 4.75. The lowest BCUT2D eigenvalue weighted by Crippen LogP contribution is -1.99. The molecule has 20 heavy (non-hydrogen) atoms. The normalized spacial score (nSPS) is 11.3. The summed E-state index contributed by atoms with van der Waals surface area (Å²) in [6.07, 6.45) is 0. The summed E-state index contributed by atoms with van der Waals surface area (Å²) >= 11 is 0.991. The van der Waals surface area contributed by atoms with Gasteiger partial charge >= 0.3 is 0 Å². The molecule has 3 rings (SSSR count). The molecular formula is C15H9NO2S2. The molecule has 0 aliphatic carbocycles. The summed E-state index contributed by atoms with van der Waals surface area (Å²) in [7, 11) is -3.55. The van der Waals surface area contributed by atoms with Crippen molar-refractivity contribution >= 4 is 31.9 Å². The fourth-order valence-electron chi connectivity index (χ4n) is 1.98. The van der Waals surface area contributed by atoms with E-state index in [2.05, 4.69) is 0 Å². The summed E-state index contributed by atoms with van der Waals surface area (Å²) in [4.78, 5) is 0.645. The standard InChI is InChI=1S/C15H9NO2S2/c16-10-13-6-8-15(19-13)20(17,18)14-7-5-11-3-1-2-4-12(11)9-14/h1-9H. The molecule has 3 aromatic rings. The first-order valence-electron chi connectivity index (χ1n) is 5.85. The van der Waals surface area contributed by atoms with E-state index in [9.17, 15) is 8.42 Å². The van der Waals surface area contributed by atoms with Crippen LogP contribution >= 0.6 is 11.3 Å². The highest BCUT2D eigenvalue weighted by Gasteiger charge is 2.20. The van der Waals surface area contributed by atoms with E-state index in [1.807, 2.05) is 30.3 Å². The quantitative estimate of drug-likeness (QED) is 0.726. The maximum absolute atomic E-state index is 12.5. The van der Waals surface area contributed by atoms with Crippen molar-refractivity contribution in [2.75, 3.05) is 0 Å². The highest BCUT2D eigenvalue weighted by Crippen LogP contribution is 2.29. The Labute approximate surface area is 120 Å². The van der Waals surface area contributed by atoms with Gasteiger partial charge in [-0.2, -0.15) is 5.26 Å². The lowest BCUT2D eigenvalue weighted by molar-refractivity contribution is 0.598. The van der Waals surface area contributed by atoms with E-state index in [4.69, 9.17) is 5.26 Å². The summed E-state index contributed by atoms with van der Waals surface area (Å²) < 4.78 is 25.2. The molecular weight excluding hydrogens is 290 g/mol. The fraction of sp³-hybridized carbons (Fsp3) is 0. The molecule has 0 saturated heterocycles. The van der Waals surface area contributed by atoms with E-state index in [1.165, 1.54) is 12.1 Å². The topological polar surface area (TPSA) is 57.9 Å². The van der Waals surface area contributed by atoms with Gasteiger partial charge in [0, 0.05) is 0 Å². The molecule has 0 bridgehead atoms. The van der Waals surface area contributed by atoms with Crippen molar-refractivity contribution in [1.29, 1.82) is 5.26 Å². The molecule has 98 valence electrons. The Hall–Kier alpha value is -2.16. The maximum Gasteiger partial charge on any atom is 0.216 e. The molecule has 3 nitrogen and oxygen atoms in total. The van der Waals surface area contributed by atoms with Gasteiger partial charge in [0.1, 0.15) is 15.2 Å². The van der Waals surface area contributed by atoms with Gasteiger partial charge in [-0.25, -0.2) is 8.42 Å². The van der Waals surface area contributed by atoms with Crippen molar-refractivity contribution in [3.8, 4) is 6.07 Å². The molecule has 0 amide bonds. The zero-order valence-electron chi connectivity index (χ0n) is 10.3. The number of hydrogen-bond acceptors (Lipinski definition) is 4. The van der Waals surface area contributed by atoms with Crippen LogP contribution in [0.15, 0.2) is 63.7 Å². The van der Waals surface area contributed by atoms with Crippen LogP contribution < -0.4 is 0 Å². The highest BCUT2D eigenvalue weighted by atomic mass is 32.2. The molecule has 0 radical (unpaired) electrons. The zero-order chi connectivity index (χ0) is 14.2. The van der Waals surface area contributed by atoms with E-state index in [1.54, 1.807) is 18.2 Å². The predicted octanol–water partition coefficient (Wildman–Crippen LogP) is 3.61. The maximum atomic E-state index is 12.5. The molecule has 2 aromatic carbocycles. The van der Waals surface area contributed by atoms with Crippen molar-refractivity contribution in [3.63, 3.8) is 0 Å². The smallest absolute Gasteiger partial charge is 0.216 e. The molecule has 0 aliphatic heterocycles. The Morgan fingerprint density at radius 3 is 2.40 bits per heavy atom. The van der Waals surface area contributed by atoms with E-state index in [-0.39, 0.29) is 9.10 Å². The SMILES string of the molecule is N#Cc1ccc(S(=O)(=O)c2ccc3ccccc3c2)s1. The van der Waals surface area contributed by atoms with Gasteiger partial charge in [-0.05, 0) is 35.0 Å². The number of sulfone groups is 1. The molecule has 0 aliphatic rings. The summed E-state index contributed by atoms with van der Waals surface area (Å²) in [5.74, 6) is 0. The average Bonchev–Trinajstić information content (AvgIpc) is 2.96. The number of benzene rings is 2. The molecule has 0 spiro atoms. The first kappa shape index (κ1) is 12.9. The van der Waals surface area contributed by atoms with Crippen LogP contribution in [0.25, 0.3) is 10.8 Å². The van der Waals surface area contributed by atoms with Gasteiger partial charge in [-0.1, -0.05) is 30.3 Å². The first-order valence-corrected chi connectivity index (χ1v) is 8.15. The van der Waals surface area contributed by atoms with Crippen molar-refractivity contribution < 1.29 is 8.42 Å². The third kappa shape index (κ3) is 2.09. The van der Waals surface area contributed by atoms with E-state index in [0.29, 0.717) is 4.88 Å². The van der Waals surface area contributed by atoms with Crippen LogP contribution in [0.5, 0.6) is 0 Å². The molecule has 1 heterocycles. The van der Waals surface area contributed by atoms with Crippen LogP contribution in [0.2, 0.25) is 0 Å². The van der Waals surface area contributed by atoms with Crippen molar-refractivity contribution in [1.82, 2.24) is 0 Å². The van der Waals surface area contributed by atoms with Crippen LogP contribution in [0, 0.1) is 11.3 Å². The Morgan fingerprint density at radius 2 is 1.70 bits per heavy atom. The van der Waals surface area contributed by atoms with Gasteiger partial charge in [0.15, 0.2) is 0 Å². The summed E-state index contributed by atoms with van der Waals surface area (Å²) in [5, 5.41) is 10.7. The van der Waals surface area contributed by atoms with Crippen molar-refractivity contribution in [3.05, 3.63) is 59.5 Å². The van der Waals surface area contributed by atoms with Gasteiger partial charge in [-0.15, -0.1) is 11.3 Å². The lowest BCUT2D eigenvalue weighted by Gasteiger charge is -2.03. The lowest BCUT2D eigenvalue weighted by atomic mass is 10.1. The Bertz CT molecular complexity index is 934. The zero-order valence-corrected chi connectivity index (χ0v) is 11.9. The van der Waals surface area contributed by atoms with Gasteiger partial charge in [0.05, 0.1) is 4.90 Å². The monoisotopic (exact) mass is 299 g/mol. The van der Waals surface area contributed by atoms with Crippen molar-refractivity contribution in [2.24, 2.45) is 0 Å². The molecule has 0 unspecified atom stereocenters. The molecule has 1 aromatic heterocycles. The number of nitrogens with zero attached hydrogens (tertiary/aromatic N) is 1. The average molecular weight is 299 g/mol. The fourth-order valence-corrected chi connectivity index (χ4v) is 4.52. The van der Waals surface area contributed by atoms with E-state index < -0.39 is 9.84 Å². The van der Waals surface area contributed by atoms with Gasteiger partial charge < -0.3 is 0 Å². The van der Waals surface area contributed by atoms with Crippen LogP contribution in [-0.4, -0.2) is 8.42 Å². The Kier molecular flexibility index (Phi) is 3.05. The Balaban J connectivity index is 2.16. The molecule has 0 atom stereocenters. The van der Waals surface area contributed by atoms with Crippen LogP contribution in [0.3, 0.4) is 0 Å². The Morgan fingerprint density at radius 1 is 0.950 bits per heavy atom. The number of rotatable bonds is 2. The minimum atomic E-state index is -3.55. The van der Waals surface area contributed by atoms with E-state index in [0.717, 1.165) is 22.1 Å². The third-order valence-electron chi connectivity index (χ3n) is 2.99. The molecule has 0 saturated carbocycles. The summed E-state index contributed by atoms with van der Waals surface area (Å²) in [6, 6.07) is 17.6. The third-order valence-corrected chi connectivity index (χ3v) is 6.22. The van der Waals surface area contributed by atoms with Crippen molar-refractivity contribution in [2.45, 2.75) is 9.10 Å². The number of hydrogen-bond donors (Lipinski definition) is 0. The van der Waals surface area contributed by atoms with Gasteiger partial charge in [0.2, 0.25) is 9.84 Å². The minimum Gasteiger partial charge on any atom is -0.218 e. The minimum absolute atomic E-state index is 0.198. The van der Waals surface area contributed by atoms with Crippen LogP contribution in [-0.2, 0) is 9.84 Å². The summed E-state index contributed by atoms with van der Waals surface area (Å²) in [5.41, 5.74) is 0. The predicted molar refractivity (Wildman–Crippen MR) is 78.4 cm³/mol. The number of thiophene rings is 1. The molecule has 0 fully saturated rings. The first-order chi connectivity index (χ1) is 9.61. The molecule has 5 heteroatoms. The highest BCUT2D eigenvalue weighted by molar-refractivity contribution is 7.93. The van der Waals surface area contributed by atoms with Crippen LogP contribution in [0.1, 0.15) is 4.88 Å². The second-order valence-corrected chi connectivity index (χ2v) is 7.50. The largest absolute Gasteiger partial charge is 0.218 e. The van der Waals surface area contributed by atoms with Gasteiger partial charge in [0.25, 0.3) is 0 Å². The van der Waals surface area contributed by atoms with Gasteiger partial charge in [-0.3, -0.25) is 0 Å². The second-order valence-electron chi connectivity index (χ2n) is 4.24. The number of nitriles is 1.